The second-order valence-corrected chi connectivity index (χ2v) is 4.78. The fraction of sp³-hybridized carbons (Fsp3) is 0.200. The molecule has 1 aromatic carbocycles. The molecular formula is C15H14ClNO3. The number of pyridine rings is 1. The van der Waals surface area contributed by atoms with Gasteiger partial charge in [0, 0.05) is 5.02 Å². The molecule has 20 heavy (non-hydrogen) atoms. The first kappa shape index (κ1) is 14.3. The van der Waals surface area contributed by atoms with Crippen molar-refractivity contribution in [2.24, 2.45) is 0 Å². The molecule has 5 heteroatoms. The number of carboxylic acid groups (broad SMARTS) is 1. The third-order valence-corrected chi connectivity index (χ3v) is 3.26. The van der Waals surface area contributed by atoms with Crippen LogP contribution in [-0.4, -0.2) is 23.2 Å². The predicted octanol–water partition coefficient (Wildman–Crippen LogP) is 3.15. The molecule has 0 aliphatic carbocycles. The molecule has 1 N–H and O–H groups in total. The third kappa shape index (κ3) is 3.48. The molecule has 104 valence electrons. The summed E-state index contributed by atoms with van der Waals surface area (Å²) in [5, 5.41) is 10.00. The summed E-state index contributed by atoms with van der Waals surface area (Å²) in [5.74, 6) is -0.996. The van der Waals surface area contributed by atoms with Crippen molar-refractivity contribution in [1.29, 1.82) is 0 Å². The summed E-state index contributed by atoms with van der Waals surface area (Å²) in [5.41, 5.74) is 1.41. The van der Waals surface area contributed by atoms with E-state index < -0.39 is 11.9 Å². The predicted molar refractivity (Wildman–Crippen MR) is 76.3 cm³/mol. The molecule has 0 spiro atoms. The quantitative estimate of drug-likeness (QED) is 0.919. The standard InChI is InChI=1S/C15H14ClNO3/c1-20-12-6-7-14(17-9-12)13(15(18)19)8-10-2-4-11(16)5-3-10/h2-7,9,13H,8H2,1H3,(H,18,19). The van der Waals surface area contributed by atoms with Crippen LogP contribution in [0.5, 0.6) is 5.75 Å². The van der Waals surface area contributed by atoms with Crippen molar-refractivity contribution in [3.63, 3.8) is 0 Å². The molecule has 0 saturated heterocycles. The lowest BCUT2D eigenvalue weighted by atomic mass is 9.96. The summed E-state index contributed by atoms with van der Waals surface area (Å²) in [6.45, 7) is 0. The third-order valence-electron chi connectivity index (χ3n) is 3.00. The van der Waals surface area contributed by atoms with Crippen LogP contribution in [0.1, 0.15) is 17.2 Å². The highest BCUT2D eigenvalue weighted by Gasteiger charge is 2.21. The van der Waals surface area contributed by atoms with Crippen LogP contribution in [0.25, 0.3) is 0 Å². The van der Waals surface area contributed by atoms with Crippen molar-refractivity contribution in [2.45, 2.75) is 12.3 Å². The van der Waals surface area contributed by atoms with Gasteiger partial charge in [-0.2, -0.15) is 0 Å². The number of aliphatic carboxylic acids is 1. The van der Waals surface area contributed by atoms with E-state index in [1.165, 1.54) is 6.20 Å². The molecule has 1 atom stereocenters. The minimum Gasteiger partial charge on any atom is -0.495 e. The van der Waals surface area contributed by atoms with E-state index in [9.17, 15) is 9.90 Å². The smallest absolute Gasteiger partial charge is 0.312 e. The Morgan fingerprint density at radius 2 is 2.00 bits per heavy atom. The topological polar surface area (TPSA) is 59.4 Å². The Kier molecular flexibility index (Phi) is 4.58. The SMILES string of the molecule is COc1ccc(C(Cc2ccc(Cl)cc2)C(=O)O)nc1. The Morgan fingerprint density at radius 1 is 1.30 bits per heavy atom. The first-order valence-electron chi connectivity index (χ1n) is 6.07. The van der Waals surface area contributed by atoms with Crippen LogP contribution in [-0.2, 0) is 11.2 Å². The first-order chi connectivity index (χ1) is 9.60. The Morgan fingerprint density at radius 3 is 2.50 bits per heavy atom. The second-order valence-electron chi connectivity index (χ2n) is 4.34. The maximum atomic E-state index is 11.4. The fourth-order valence-corrected chi connectivity index (χ4v) is 2.02. The number of nitrogens with zero attached hydrogens (tertiary/aromatic N) is 1. The van der Waals surface area contributed by atoms with Gasteiger partial charge in [0.05, 0.1) is 19.0 Å². The van der Waals surface area contributed by atoms with Gasteiger partial charge in [0.15, 0.2) is 0 Å². The van der Waals surface area contributed by atoms with Crippen molar-refractivity contribution in [2.75, 3.05) is 7.11 Å². The lowest BCUT2D eigenvalue weighted by Gasteiger charge is -2.12. The average Bonchev–Trinajstić information content (AvgIpc) is 2.46. The van der Waals surface area contributed by atoms with Crippen LogP contribution < -0.4 is 4.74 Å². The molecule has 0 bridgehead atoms. The second kappa shape index (κ2) is 6.39. The summed E-state index contributed by atoms with van der Waals surface area (Å²) < 4.78 is 5.02. The van der Waals surface area contributed by atoms with E-state index in [2.05, 4.69) is 4.98 Å². The van der Waals surface area contributed by atoms with Crippen molar-refractivity contribution < 1.29 is 14.6 Å². The van der Waals surface area contributed by atoms with E-state index in [0.29, 0.717) is 22.9 Å². The highest BCUT2D eigenvalue weighted by Crippen LogP contribution is 2.22. The number of aromatic nitrogens is 1. The molecule has 1 unspecified atom stereocenters. The van der Waals surface area contributed by atoms with Gasteiger partial charge in [-0.1, -0.05) is 23.7 Å². The van der Waals surface area contributed by atoms with Crippen LogP contribution in [0, 0.1) is 0 Å². The molecule has 0 radical (unpaired) electrons. The van der Waals surface area contributed by atoms with Gasteiger partial charge in [-0.25, -0.2) is 0 Å². The molecular weight excluding hydrogens is 278 g/mol. The summed E-state index contributed by atoms with van der Waals surface area (Å²) >= 11 is 5.82. The number of carbonyl (C=O) groups is 1. The number of benzene rings is 1. The van der Waals surface area contributed by atoms with E-state index in [4.69, 9.17) is 16.3 Å². The summed E-state index contributed by atoms with van der Waals surface area (Å²) in [6.07, 6.45) is 1.89. The van der Waals surface area contributed by atoms with Crippen molar-refractivity contribution in [3.05, 3.63) is 58.9 Å². The van der Waals surface area contributed by atoms with Gasteiger partial charge < -0.3 is 9.84 Å². The number of halogens is 1. The van der Waals surface area contributed by atoms with Crippen LogP contribution in [0.15, 0.2) is 42.6 Å². The average molecular weight is 292 g/mol. The van der Waals surface area contributed by atoms with E-state index in [0.717, 1.165) is 5.56 Å². The van der Waals surface area contributed by atoms with Crippen molar-refractivity contribution in [3.8, 4) is 5.75 Å². The Hall–Kier alpha value is -2.07. The Balaban J connectivity index is 2.22. The molecule has 0 amide bonds. The number of ether oxygens (including phenoxy) is 1. The highest BCUT2D eigenvalue weighted by atomic mass is 35.5. The number of methoxy groups -OCH3 is 1. The van der Waals surface area contributed by atoms with Gasteiger partial charge in [-0.3, -0.25) is 9.78 Å². The van der Waals surface area contributed by atoms with Gasteiger partial charge in [-0.05, 0) is 36.2 Å². The maximum Gasteiger partial charge on any atom is 0.312 e. The van der Waals surface area contributed by atoms with Crippen LogP contribution in [0.2, 0.25) is 5.02 Å². The number of carboxylic acids is 1. The molecule has 1 aromatic heterocycles. The molecule has 0 aliphatic heterocycles. The molecule has 2 aromatic rings. The molecule has 2 rings (SSSR count). The lowest BCUT2D eigenvalue weighted by molar-refractivity contribution is -0.138. The van der Waals surface area contributed by atoms with Crippen molar-refractivity contribution in [1.82, 2.24) is 4.98 Å². The normalized spacial score (nSPS) is 11.9. The number of hydrogen-bond acceptors (Lipinski definition) is 3. The van der Waals surface area contributed by atoms with Crippen LogP contribution in [0.4, 0.5) is 0 Å². The minimum atomic E-state index is -0.905. The van der Waals surface area contributed by atoms with Gasteiger partial charge in [-0.15, -0.1) is 0 Å². The van der Waals surface area contributed by atoms with Crippen LogP contribution >= 0.6 is 11.6 Å². The summed E-state index contributed by atoms with van der Waals surface area (Å²) in [6, 6.07) is 10.5. The summed E-state index contributed by atoms with van der Waals surface area (Å²) in [4.78, 5) is 15.6. The number of hydrogen-bond donors (Lipinski definition) is 1. The van der Waals surface area contributed by atoms with Gasteiger partial charge >= 0.3 is 5.97 Å². The minimum absolute atomic E-state index is 0.367. The van der Waals surface area contributed by atoms with E-state index in [-0.39, 0.29) is 0 Å². The van der Waals surface area contributed by atoms with Crippen molar-refractivity contribution >= 4 is 17.6 Å². The molecule has 4 nitrogen and oxygen atoms in total. The molecule has 0 fully saturated rings. The van der Waals surface area contributed by atoms with E-state index in [1.54, 1.807) is 31.4 Å². The summed E-state index contributed by atoms with van der Waals surface area (Å²) in [7, 11) is 1.54. The zero-order valence-corrected chi connectivity index (χ0v) is 11.7. The largest absolute Gasteiger partial charge is 0.495 e. The van der Waals surface area contributed by atoms with Gasteiger partial charge in [0.2, 0.25) is 0 Å². The lowest BCUT2D eigenvalue weighted by Crippen LogP contribution is -2.15. The Labute approximate surface area is 122 Å². The van der Waals surface area contributed by atoms with E-state index >= 15 is 0 Å². The monoisotopic (exact) mass is 291 g/mol. The Bertz CT molecular complexity index is 581. The molecule has 0 aliphatic rings. The first-order valence-corrected chi connectivity index (χ1v) is 6.45. The highest BCUT2D eigenvalue weighted by molar-refractivity contribution is 6.30. The maximum absolute atomic E-state index is 11.4. The fourth-order valence-electron chi connectivity index (χ4n) is 1.89. The van der Waals surface area contributed by atoms with Gasteiger partial charge in [0.1, 0.15) is 11.7 Å². The van der Waals surface area contributed by atoms with Crippen LogP contribution in [0.3, 0.4) is 0 Å². The van der Waals surface area contributed by atoms with Gasteiger partial charge in [0.25, 0.3) is 0 Å². The van der Waals surface area contributed by atoms with E-state index in [1.807, 2.05) is 12.1 Å². The zero-order chi connectivity index (χ0) is 14.5. The molecule has 1 heterocycles. The molecule has 0 saturated carbocycles. The number of rotatable bonds is 5. The zero-order valence-electron chi connectivity index (χ0n) is 10.9.